The number of carbonyl (C=O) groups is 1. The highest BCUT2D eigenvalue weighted by Gasteiger charge is 2.19. The number of nitro benzene ring substituents is 1. The molecule has 0 radical (unpaired) electrons. The van der Waals surface area contributed by atoms with Gasteiger partial charge in [-0.25, -0.2) is 8.78 Å². The van der Waals surface area contributed by atoms with Crippen molar-refractivity contribution in [2.24, 2.45) is 0 Å². The maximum atomic E-state index is 12.8. The number of benzene rings is 1. The molecule has 0 saturated heterocycles. The average molecular weight is 215 g/mol. The van der Waals surface area contributed by atoms with E-state index in [4.69, 9.17) is 0 Å². The van der Waals surface area contributed by atoms with Crippen LogP contribution in [0, 0.1) is 21.7 Å². The van der Waals surface area contributed by atoms with Crippen molar-refractivity contribution in [1.82, 2.24) is 0 Å². The molecule has 1 rings (SSSR count). The quantitative estimate of drug-likeness (QED) is 0.572. The lowest BCUT2D eigenvalue weighted by Gasteiger charge is -2.01. The SMILES string of the molecule is CC(=O)Cc1cc(F)c(F)cc1[N+](=O)[O-]. The van der Waals surface area contributed by atoms with Gasteiger partial charge in [0.05, 0.1) is 11.0 Å². The molecule has 0 saturated carbocycles. The molecule has 0 heterocycles. The topological polar surface area (TPSA) is 60.2 Å². The fourth-order valence-corrected chi connectivity index (χ4v) is 1.16. The molecule has 6 heteroatoms. The van der Waals surface area contributed by atoms with Gasteiger partial charge >= 0.3 is 0 Å². The Kier molecular flexibility index (Phi) is 3.08. The Bertz CT molecular complexity index is 432. The Balaban J connectivity index is 3.28. The summed E-state index contributed by atoms with van der Waals surface area (Å²) in [6.07, 6.45) is -0.284. The fraction of sp³-hybridized carbons (Fsp3) is 0.222. The van der Waals surface area contributed by atoms with Crippen LogP contribution in [-0.4, -0.2) is 10.7 Å². The molecule has 1 aromatic carbocycles. The third-order valence-electron chi connectivity index (χ3n) is 1.76. The molecular formula is C9H7F2NO3. The van der Waals surface area contributed by atoms with Gasteiger partial charge in [-0.3, -0.25) is 14.9 Å². The number of Topliss-reactive ketones (excluding diaryl/α,β-unsaturated/α-hetero) is 1. The third-order valence-corrected chi connectivity index (χ3v) is 1.76. The minimum absolute atomic E-state index is 0.119. The normalized spacial score (nSPS) is 10.1. The summed E-state index contributed by atoms with van der Waals surface area (Å²) in [5.41, 5.74) is -0.699. The minimum atomic E-state index is -1.30. The smallest absolute Gasteiger partial charge is 0.276 e. The van der Waals surface area contributed by atoms with Gasteiger partial charge < -0.3 is 0 Å². The van der Waals surface area contributed by atoms with Gasteiger partial charge in [0.2, 0.25) is 0 Å². The van der Waals surface area contributed by atoms with Crippen molar-refractivity contribution in [1.29, 1.82) is 0 Å². The Morgan fingerprint density at radius 2 is 1.93 bits per heavy atom. The van der Waals surface area contributed by atoms with Gasteiger partial charge in [-0.05, 0) is 13.0 Å². The van der Waals surface area contributed by atoms with Crippen LogP contribution in [0.15, 0.2) is 12.1 Å². The predicted octanol–water partition coefficient (Wildman–Crippen LogP) is 2.00. The number of halogens is 2. The largest absolute Gasteiger partial charge is 0.300 e. The van der Waals surface area contributed by atoms with E-state index in [-0.39, 0.29) is 17.8 Å². The lowest BCUT2D eigenvalue weighted by atomic mass is 10.1. The summed E-state index contributed by atoms with van der Waals surface area (Å²) < 4.78 is 25.5. The van der Waals surface area contributed by atoms with Crippen molar-refractivity contribution in [3.8, 4) is 0 Å². The first-order chi connectivity index (χ1) is 6.91. The molecule has 0 fully saturated rings. The van der Waals surface area contributed by atoms with Gasteiger partial charge in [0, 0.05) is 12.0 Å². The molecule has 1 aromatic rings. The molecular weight excluding hydrogens is 208 g/mol. The van der Waals surface area contributed by atoms with Crippen LogP contribution in [0.25, 0.3) is 0 Å². The summed E-state index contributed by atoms with van der Waals surface area (Å²) in [6.45, 7) is 1.21. The molecule has 0 spiro atoms. The number of hydrogen-bond acceptors (Lipinski definition) is 3. The highest BCUT2D eigenvalue weighted by molar-refractivity contribution is 5.79. The summed E-state index contributed by atoms with van der Waals surface area (Å²) in [5, 5.41) is 10.5. The van der Waals surface area contributed by atoms with E-state index in [2.05, 4.69) is 0 Å². The Morgan fingerprint density at radius 3 is 2.40 bits per heavy atom. The predicted molar refractivity (Wildman–Crippen MR) is 47.4 cm³/mol. The number of carbonyl (C=O) groups excluding carboxylic acids is 1. The lowest BCUT2D eigenvalue weighted by molar-refractivity contribution is -0.385. The second kappa shape index (κ2) is 4.12. The van der Waals surface area contributed by atoms with E-state index in [9.17, 15) is 23.7 Å². The van der Waals surface area contributed by atoms with Crippen LogP contribution in [0.3, 0.4) is 0 Å². The molecule has 0 amide bonds. The zero-order valence-corrected chi connectivity index (χ0v) is 7.79. The molecule has 4 nitrogen and oxygen atoms in total. The summed E-state index contributed by atoms with van der Waals surface area (Å²) in [5.74, 6) is -2.85. The van der Waals surface area contributed by atoms with Crippen molar-refractivity contribution in [2.75, 3.05) is 0 Å². The molecule has 0 aliphatic carbocycles. The van der Waals surface area contributed by atoms with Gasteiger partial charge in [-0.15, -0.1) is 0 Å². The molecule has 0 bridgehead atoms. The first-order valence-corrected chi connectivity index (χ1v) is 4.03. The van der Waals surface area contributed by atoms with Crippen molar-refractivity contribution < 1.29 is 18.5 Å². The number of nitrogens with zero attached hydrogens (tertiary/aromatic N) is 1. The zero-order chi connectivity index (χ0) is 11.6. The summed E-state index contributed by atoms with van der Waals surface area (Å²) in [4.78, 5) is 20.4. The number of rotatable bonds is 3. The summed E-state index contributed by atoms with van der Waals surface area (Å²) in [6, 6.07) is 1.16. The van der Waals surface area contributed by atoms with E-state index in [1.165, 1.54) is 6.92 Å². The zero-order valence-electron chi connectivity index (χ0n) is 7.79. The fourth-order valence-electron chi connectivity index (χ4n) is 1.16. The molecule has 0 aliphatic rings. The standard InChI is InChI=1S/C9H7F2NO3/c1-5(13)2-6-3-7(10)8(11)4-9(6)12(14)15/h3-4H,2H2,1H3. The van der Waals surface area contributed by atoms with Crippen LogP contribution in [0.5, 0.6) is 0 Å². The highest BCUT2D eigenvalue weighted by atomic mass is 19.2. The molecule has 80 valence electrons. The minimum Gasteiger partial charge on any atom is -0.300 e. The Hall–Kier alpha value is -1.85. The number of nitro groups is 1. The van der Waals surface area contributed by atoms with E-state index >= 15 is 0 Å². The van der Waals surface area contributed by atoms with Crippen molar-refractivity contribution in [3.63, 3.8) is 0 Å². The van der Waals surface area contributed by atoms with Crippen LogP contribution in [0.1, 0.15) is 12.5 Å². The first-order valence-electron chi connectivity index (χ1n) is 4.03. The van der Waals surface area contributed by atoms with Crippen LogP contribution in [0.2, 0.25) is 0 Å². The van der Waals surface area contributed by atoms with Gasteiger partial charge in [-0.2, -0.15) is 0 Å². The van der Waals surface area contributed by atoms with Crippen LogP contribution >= 0.6 is 0 Å². The lowest BCUT2D eigenvalue weighted by Crippen LogP contribution is -2.03. The van der Waals surface area contributed by atoms with Gasteiger partial charge in [0.25, 0.3) is 5.69 Å². The van der Waals surface area contributed by atoms with Gasteiger partial charge in [-0.1, -0.05) is 0 Å². The first kappa shape index (κ1) is 11.2. The van der Waals surface area contributed by atoms with Gasteiger partial charge in [0.1, 0.15) is 5.78 Å². The second-order valence-corrected chi connectivity index (χ2v) is 3.03. The molecule has 0 unspecified atom stereocenters. The van der Waals surface area contributed by atoms with E-state index in [0.717, 1.165) is 0 Å². The van der Waals surface area contributed by atoms with E-state index in [1.54, 1.807) is 0 Å². The number of hydrogen-bond donors (Lipinski definition) is 0. The average Bonchev–Trinajstić information content (AvgIpc) is 2.09. The van der Waals surface area contributed by atoms with Crippen molar-refractivity contribution in [3.05, 3.63) is 39.4 Å². The maximum Gasteiger partial charge on any atom is 0.276 e. The Labute approximate surface area is 83.7 Å². The van der Waals surface area contributed by atoms with E-state index in [1.807, 2.05) is 0 Å². The Morgan fingerprint density at radius 1 is 1.40 bits per heavy atom. The highest BCUT2D eigenvalue weighted by Crippen LogP contribution is 2.22. The molecule has 15 heavy (non-hydrogen) atoms. The van der Waals surface area contributed by atoms with E-state index in [0.29, 0.717) is 12.1 Å². The molecule has 0 aromatic heterocycles. The van der Waals surface area contributed by atoms with Crippen molar-refractivity contribution >= 4 is 11.5 Å². The van der Waals surface area contributed by atoms with Crippen molar-refractivity contribution in [2.45, 2.75) is 13.3 Å². The monoisotopic (exact) mass is 215 g/mol. The second-order valence-electron chi connectivity index (χ2n) is 3.03. The summed E-state index contributed by atoms with van der Waals surface area (Å²) in [7, 11) is 0. The van der Waals surface area contributed by atoms with E-state index < -0.39 is 22.2 Å². The molecule has 0 atom stereocenters. The van der Waals surface area contributed by atoms with Crippen LogP contribution in [0.4, 0.5) is 14.5 Å². The molecule has 0 N–H and O–H groups in total. The number of ketones is 1. The third kappa shape index (κ3) is 2.55. The maximum absolute atomic E-state index is 12.8. The van der Waals surface area contributed by atoms with Crippen LogP contribution < -0.4 is 0 Å². The molecule has 0 aliphatic heterocycles. The van der Waals surface area contributed by atoms with Gasteiger partial charge in [0.15, 0.2) is 11.6 Å². The van der Waals surface area contributed by atoms with Crippen LogP contribution in [-0.2, 0) is 11.2 Å². The summed E-state index contributed by atoms with van der Waals surface area (Å²) >= 11 is 0.